The predicted octanol–water partition coefficient (Wildman–Crippen LogP) is 1.89. The number of thiazole rings is 1. The van der Waals surface area contributed by atoms with Gasteiger partial charge in [0.05, 0.1) is 24.9 Å². The molecule has 3 heterocycles. The molecule has 0 radical (unpaired) electrons. The predicted molar refractivity (Wildman–Crippen MR) is 70.9 cm³/mol. The Morgan fingerprint density at radius 1 is 1.50 bits per heavy atom. The molecule has 1 saturated heterocycles. The van der Waals surface area contributed by atoms with Crippen LogP contribution in [0.5, 0.6) is 0 Å². The van der Waals surface area contributed by atoms with E-state index in [-0.39, 0.29) is 17.6 Å². The second-order valence-corrected chi connectivity index (χ2v) is 5.26. The van der Waals surface area contributed by atoms with Gasteiger partial charge in [-0.25, -0.2) is 9.37 Å². The molecule has 2 aromatic heterocycles. The number of ether oxygens (including phenoxy) is 1. The number of rotatable bonds is 2. The maximum atomic E-state index is 13.6. The standard InChI is InChI=1S/C13H12FN3O2S/c14-10-7-15-2-1-9(10)13(18)17-4-5-19-11(8-17)12-16-3-6-20-12/h1-3,6-7,11H,4-5,8H2. The molecule has 20 heavy (non-hydrogen) atoms. The molecule has 7 heteroatoms. The van der Waals surface area contributed by atoms with Crippen LogP contribution in [0.4, 0.5) is 4.39 Å². The van der Waals surface area contributed by atoms with Crippen LogP contribution in [0.3, 0.4) is 0 Å². The summed E-state index contributed by atoms with van der Waals surface area (Å²) in [5.41, 5.74) is 0.0415. The molecule has 3 rings (SSSR count). The Morgan fingerprint density at radius 2 is 2.40 bits per heavy atom. The number of hydrogen-bond acceptors (Lipinski definition) is 5. The lowest BCUT2D eigenvalue weighted by Gasteiger charge is -2.32. The highest BCUT2D eigenvalue weighted by molar-refractivity contribution is 7.09. The minimum Gasteiger partial charge on any atom is -0.367 e. The van der Waals surface area contributed by atoms with Crippen LogP contribution < -0.4 is 0 Å². The van der Waals surface area contributed by atoms with Crippen LogP contribution in [0.25, 0.3) is 0 Å². The van der Waals surface area contributed by atoms with Gasteiger partial charge < -0.3 is 9.64 Å². The summed E-state index contributed by atoms with van der Waals surface area (Å²) < 4.78 is 19.2. The van der Waals surface area contributed by atoms with E-state index in [1.807, 2.05) is 5.38 Å². The van der Waals surface area contributed by atoms with Gasteiger partial charge in [-0.1, -0.05) is 0 Å². The largest absolute Gasteiger partial charge is 0.367 e. The van der Waals surface area contributed by atoms with Crippen molar-refractivity contribution in [3.63, 3.8) is 0 Å². The maximum Gasteiger partial charge on any atom is 0.257 e. The Kier molecular flexibility index (Phi) is 3.70. The minimum absolute atomic E-state index is 0.0415. The first-order chi connectivity index (χ1) is 9.75. The van der Waals surface area contributed by atoms with Gasteiger partial charge in [0.1, 0.15) is 11.1 Å². The Balaban J connectivity index is 1.77. The molecule has 2 aromatic rings. The van der Waals surface area contributed by atoms with Crippen LogP contribution in [-0.4, -0.2) is 40.5 Å². The molecule has 0 bridgehead atoms. The van der Waals surface area contributed by atoms with Gasteiger partial charge >= 0.3 is 0 Å². The third-order valence-electron chi connectivity index (χ3n) is 3.08. The molecule has 1 aliphatic rings. The zero-order chi connectivity index (χ0) is 13.9. The molecular formula is C13H12FN3O2S. The van der Waals surface area contributed by atoms with Crippen LogP contribution in [0.15, 0.2) is 30.0 Å². The van der Waals surface area contributed by atoms with Crippen LogP contribution in [0.2, 0.25) is 0 Å². The first-order valence-electron chi connectivity index (χ1n) is 6.15. The molecule has 5 nitrogen and oxygen atoms in total. The summed E-state index contributed by atoms with van der Waals surface area (Å²) in [6.45, 7) is 1.25. The van der Waals surface area contributed by atoms with Gasteiger partial charge in [-0.3, -0.25) is 9.78 Å². The molecular weight excluding hydrogens is 281 g/mol. The minimum atomic E-state index is -0.602. The lowest BCUT2D eigenvalue weighted by atomic mass is 10.2. The van der Waals surface area contributed by atoms with Gasteiger partial charge in [0.15, 0.2) is 5.82 Å². The lowest BCUT2D eigenvalue weighted by Crippen LogP contribution is -2.42. The van der Waals surface area contributed by atoms with E-state index >= 15 is 0 Å². The third kappa shape index (κ3) is 2.54. The van der Waals surface area contributed by atoms with E-state index in [0.29, 0.717) is 19.7 Å². The van der Waals surface area contributed by atoms with E-state index in [4.69, 9.17) is 4.74 Å². The van der Waals surface area contributed by atoms with Crippen LogP contribution in [-0.2, 0) is 4.74 Å². The Morgan fingerprint density at radius 3 is 3.15 bits per heavy atom. The van der Waals surface area contributed by atoms with Crippen molar-refractivity contribution in [2.75, 3.05) is 19.7 Å². The fourth-order valence-electron chi connectivity index (χ4n) is 2.10. The monoisotopic (exact) mass is 293 g/mol. The highest BCUT2D eigenvalue weighted by Crippen LogP contribution is 2.25. The number of amides is 1. The highest BCUT2D eigenvalue weighted by atomic mass is 32.1. The Bertz CT molecular complexity index is 605. The Labute approximate surface area is 119 Å². The highest BCUT2D eigenvalue weighted by Gasteiger charge is 2.28. The molecule has 1 fully saturated rings. The quantitative estimate of drug-likeness (QED) is 0.848. The number of carbonyl (C=O) groups excluding carboxylic acids is 1. The van der Waals surface area contributed by atoms with E-state index in [1.54, 1.807) is 11.1 Å². The molecule has 1 amide bonds. The number of morpholine rings is 1. The molecule has 0 aliphatic carbocycles. The van der Waals surface area contributed by atoms with Crippen molar-refractivity contribution in [1.82, 2.24) is 14.9 Å². The SMILES string of the molecule is O=C(c1ccncc1F)N1CCOC(c2nccs2)C1. The second-order valence-electron chi connectivity index (χ2n) is 4.34. The van der Waals surface area contributed by atoms with Crippen molar-refractivity contribution in [2.45, 2.75) is 6.10 Å². The summed E-state index contributed by atoms with van der Waals surface area (Å²) in [4.78, 5) is 21.8. The van der Waals surface area contributed by atoms with Gasteiger partial charge in [0.25, 0.3) is 5.91 Å². The molecule has 0 N–H and O–H groups in total. The molecule has 104 valence electrons. The summed E-state index contributed by atoms with van der Waals surface area (Å²) in [6, 6.07) is 1.39. The topological polar surface area (TPSA) is 55.3 Å². The zero-order valence-electron chi connectivity index (χ0n) is 10.5. The van der Waals surface area contributed by atoms with Crippen molar-refractivity contribution >= 4 is 17.2 Å². The van der Waals surface area contributed by atoms with E-state index < -0.39 is 5.82 Å². The lowest BCUT2D eigenvalue weighted by molar-refractivity contribution is -0.0230. The van der Waals surface area contributed by atoms with Gasteiger partial charge in [-0.05, 0) is 6.07 Å². The molecule has 1 atom stereocenters. The summed E-state index contributed by atoms with van der Waals surface area (Å²) in [5.74, 6) is -0.940. The van der Waals surface area contributed by atoms with E-state index in [9.17, 15) is 9.18 Å². The summed E-state index contributed by atoms with van der Waals surface area (Å²) >= 11 is 1.48. The van der Waals surface area contributed by atoms with Crippen molar-refractivity contribution in [1.29, 1.82) is 0 Å². The van der Waals surface area contributed by atoms with Crippen molar-refractivity contribution in [3.8, 4) is 0 Å². The van der Waals surface area contributed by atoms with Gasteiger partial charge in [0, 0.05) is 24.3 Å². The normalized spacial score (nSPS) is 19.1. The first kappa shape index (κ1) is 13.1. The summed E-state index contributed by atoms with van der Waals surface area (Å²) in [6.07, 6.45) is 3.92. The summed E-state index contributed by atoms with van der Waals surface area (Å²) in [5, 5.41) is 2.69. The molecule has 0 spiro atoms. The molecule has 1 unspecified atom stereocenters. The molecule has 0 aromatic carbocycles. The van der Waals surface area contributed by atoms with Crippen LogP contribution >= 0.6 is 11.3 Å². The fraction of sp³-hybridized carbons (Fsp3) is 0.308. The second kappa shape index (κ2) is 5.64. The average molecular weight is 293 g/mol. The average Bonchev–Trinajstić information content (AvgIpc) is 3.01. The number of hydrogen-bond donors (Lipinski definition) is 0. The summed E-state index contributed by atoms with van der Waals surface area (Å²) in [7, 11) is 0. The van der Waals surface area contributed by atoms with E-state index in [2.05, 4.69) is 9.97 Å². The van der Waals surface area contributed by atoms with Crippen molar-refractivity contribution < 1.29 is 13.9 Å². The van der Waals surface area contributed by atoms with Crippen LogP contribution in [0, 0.1) is 5.82 Å². The number of halogens is 1. The first-order valence-corrected chi connectivity index (χ1v) is 7.03. The Hall–Kier alpha value is -1.86. The van der Waals surface area contributed by atoms with Crippen LogP contribution in [0.1, 0.15) is 21.5 Å². The maximum absolute atomic E-state index is 13.6. The molecule has 1 aliphatic heterocycles. The van der Waals surface area contributed by atoms with Gasteiger partial charge in [0.2, 0.25) is 0 Å². The van der Waals surface area contributed by atoms with Gasteiger partial charge in [-0.15, -0.1) is 11.3 Å². The van der Waals surface area contributed by atoms with E-state index in [0.717, 1.165) is 11.2 Å². The number of nitrogens with zero attached hydrogens (tertiary/aromatic N) is 3. The van der Waals surface area contributed by atoms with Crippen molar-refractivity contribution in [3.05, 3.63) is 46.4 Å². The van der Waals surface area contributed by atoms with Crippen molar-refractivity contribution in [2.24, 2.45) is 0 Å². The number of pyridine rings is 1. The zero-order valence-corrected chi connectivity index (χ0v) is 11.3. The third-order valence-corrected chi connectivity index (χ3v) is 3.95. The molecule has 0 saturated carbocycles. The van der Waals surface area contributed by atoms with E-state index in [1.165, 1.54) is 23.6 Å². The number of aromatic nitrogens is 2. The smallest absolute Gasteiger partial charge is 0.257 e. The fourth-order valence-corrected chi connectivity index (χ4v) is 2.77. The number of carbonyl (C=O) groups is 1. The van der Waals surface area contributed by atoms with Gasteiger partial charge in [-0.2, -0.15) is 0 Å².